The van der Waals surface area contributed by atoms with Gasteiger partial charge in [0.15, 0.2) is 0 Å². The quantitative estimate of drug-likeness (QED) is 0.871. The van der Waals surface area contributed by atoms with E-state index in [1.54, 1.807) is 11.3 Å². The zero-order valence-corrected chi connectivity index (χ0v) is 11.0. The fourth-order valence-corrected chi connectivity index (χ4v) is 2.91. The molecular weight excluding hydrogens is 218 g/mol. The highest BCUT2D eigenvalue weighted by atomic mass is 32.1. The Morgan fingerprint density at radius 1 is 1.50 bits per heavy atom. The number of nitrogens with zero attached hydrogens (tertiary/aromatic N) is 2. The molecule has 1 aromatic rings. The summed E-state index contributed by atoms with van der Waals surface area (Å²) in [7, 11) is 0. The predicted octanol–water partition coefficient (Wildman–Crippen LogP) is 2.03. The van der Waals surface area contributed by atoms with E-state index in [0.29, 0.717) is 6.04 Å². The van der Waals surface area contributed by atoms with Gasteiger partial charge in [-0.05, 0) is 39.4 Å². The molecule has 2 rings (SSSR count). The van der Waals surface area contributed by atoms with Crippen LogP contribution in [0.5, 0.6) is 0 Å². The van der Waals surface area contributed by atoms with Crippen LogP contribution in [0.15, 0.2) is 5.51 Å². The van der Waals surface area contributed by atoms with Crippen molar-refractivity contribution in [2.45, 2.75) is 39.3 Å². The van der Waals surface area contributed by atoms with Crippen molar-refractivity contribution in [2.24, 2.45) is 0 Å². The first-order valence-corrected chi connectivity index (χ1v) is 7.02. The van der Waals surface area contributed by atoms with Crippen molar-refractivity contribution >= 4 is 11.3 Å². The van der Waals surface area contributed by atoms with Gasteiger partial charge in [0.05, 0.1) is 11.2 Å². The highest BCUT2D eigenvalue weighted by Gasteiger charge is 2.17. The highest BCUT2D eigenvalue weighted by molar-refractivity contribution is 7.09. The zero-order valence-electron chi connectivity index (χ0n) is 10.2. The second-order valence-corrected chi connectivity index (χ2v) is 5.39. The summed E-state index contributed by atoms with van der Waals surface area (Å²) in [6.45, 7) is 9.02. The van der Waals surface area contributed by atoms with Crippen molar-refractivity contribution in [3.8, 4) is 0 Å². The van der Waals surface area contributed by atoms with Crippen molar-refractivity contribution in [1.82, 2.24) is 15.2 Å². The third-order valence-electron chi connectivity index (χ3n) is 3.43. The van der Waals surface area contributed by atoms with Gasteiger partial charge < -0.3 is 10.2 Å². The molecule has 0 atom stereocenters. The zero-order chi connectivity index (χ0) is 11.4. The van der Waals surface area contributed by atoms with E-state index in [9.17, 15) is 0 Å². The summed E-state index contributed by atoms with van der Waals surface area (Å²) in [4.78, 5) is 8.19. The van der Waals surface area contributed by atoms with Crippen molar-refractivity contribution in [1.29, 1.82) is 0 Å². The first-order chi connectivity index (χ1) is 7.79. The van der Waals surface area contributed by atoms with E-state index in [4.69, 9.17) is 0 Å². The van der Waals surface area contributed by atoms with Crippen molar-refractivity contribution < 1.29 is 0 Å². The van der Waals surface area contributed by atoms with Crippen LogP contribution < -0.4 is 5.32 Å². The van der Waals surface area contributed by atoms with Gasteiger partial charge in [0.25, 0.3) is 0 Å². The highest BCUT2D eigenvalue weighted by Crippen LogP contribution is 2.14. The van der Waals surface area contributed by atoms with Gasteiger partial charge in [-0.15, -0.1) is 11.3 Å². The fraction of sp³-hybridized carbons (Fsp3) is 0.750. The monoisotopic (exact) mass is 239 g/mol. The van der Waals surface area contributed by atoms with Gasteiger partial charge in [0.2, 0.25) is 0 Å². The Morgan fingerprint density at radius 2 is 2.25 bits per heavy atom. The lowest BCUT2D eigenvalue weighted by Gasteiger charge is -2.31. The number of rotatable bonds is 4. The summed E-state index contributed by atoms with van der Waals surface area (Å²) in [6.07, 6.45) is 2.57. The first-order valence-electron chi connectivity index (χ1n) is 6.14. The smallest absolute Gasteiger partial charge is 0.0798 e. The van der Waals surface area contributed by atoms with E-state index in [2.05, 4.69) is 29.0 Å². The molecule has 1 aliphatic heterocycles. The minimum absolute atomic E-state index is 0.698. The van der Waals surface area contributed by atoms with Crippen LogP contribution in [0.4, 0.5) is 0 Å². The molecule has 0 amide bonds. The van der Waals surface area contributed by atoms with Crippen LogP contribution in [0.3, 0.4) is 0 Å². The second-order valence-electron chi connectivity index (χ2n) is 4.45. The lowest BCUT2D eigenvalue weighted by Crippen LogP contribution is -2.42. The molecule has 0 spiro atoms. The van der Waals surface area contributed by atoms with Gasteiger partial charge in [-0.2, -0.15) is 0 Å². The number of nitrogens with one attached hydrogen (secondary N) is 1. The van der Waals surface area contributed by atoms with E-state index in [0.717, 1.165) is 6.54 Å². The molecule has 90 valence electrons. The van der Waals surface area contributed by atoms with Crippen LogP contribution in [0.25, 0.3) is 0 Å². The van der Waals surface area contributed by atoms with Gasteiger partial charge in [-0.1, -0.05) is 6.92 Å². The average Bonchev–Trinajstić information content (AvgIpc) is 2.73. The number of thiazole rings is 1. The minimum atomic E-state index is 0.698. The summed E-state index contributed by atoms with van der Waals surface area (Å²) >= 11 is 1.76. The summed E-state index contributed by atoms with van der Waals surface area (Å²) in [5.41, 5.74) is 3.12. The van der Waals surface area contributed by atoms with Crippen molar-refractivity contribution in [3.05, 3.63) is 16.1 Å². The normalized spacial score (nSPS) is 19.1. The Morgan fingerprint density at radius 3 is 2.81 bits per heavy atom. The van der Waals surface area contributed by atoms with Crippen LogP contribution in [0, 0.1) is 6.92 Å². The standard InChI is InChI=1S/C12H21N3S/c1-3-15-6-4-11(5-7-15)13-8-12-10(2)14-9-16-12/h9,11,13H,3-8H2,1-2H3. The largest absolute Gasteiger partial charge is 0.309 e. The third kappa shape index (κ3) is 3.03. The van der Waals surface area contributed by atoms with Gasteiger partial charge in [-0.3, -0.25) is 0 Å². The Kier molecular flexibility index (Phi) is 4.32. The number of aromatic nitrogens is 1. The number of aryl methyl sites for hydroxylation is 1. The summed E-state index contributed by atoms with van der Waals surface area (Å²) in [5, 5.41) is 3.65. The van der Waals surface area contributed by atoms with Crippen molar-refractivity contribution in [3.63, 3.8) is 0 Å². The molecule has 3 nitrogen and oxygen atoms in total. The van der Waals surface area contributed by atoms with E-state index in [1.807, 2.05) is 5.51 Å². The Hall–Kier alpha value is -0.450. The van der Waals surface area contributed by atoms with Crippen LogP contribution in [-0.2, 0) is 6.54 Å². The van der Waals surface area contributed by atoms with Crippen LogP contribution in [0.2, 0.25) is 0 Å². The number of piperidine rings is 1. The molecule has 1 N–H and O–H groups in total. The van der Waals surface area contributed by atoms with Gasteiger partial charge in [-0.25, -0.2) is 4.98 Å². The molecule has 1 aromatic heterocycles. The fourth-order valence-electron chi connectivity index (χ4n) is 2.19. The predicted molar refractivity (Wildman–Crippen MR) is 68.8 cm³/mol. The molecule has 0 unspecified atom stereocenters. The van der Waals surface area contributed by atoms with Gasteiger partial charge in [0.1, 0.15) is 0 Å². The van der Waals surface area contributed by atoms with E-state index in [-0.39, 0.29) is 0 Å². The lowest BCUT2D eigenvalue weighted by atomic mass is 10.1. The van der Waals surface area contributed by atoms with E-state index < -0.39 is 0 Å². The molecule has 0 bridgehead atoms. The molecule has 0 aromatic carbocycles. The minimum Gasteiger partial charge on any atom is -0.309 e. The average molecular weight is 239 g/mol. The molecule has 0 radical (unpaired) electrons. The molecule has 2 heterocycles. The second kappa shape index (κ2) is 5.75. The lowest BCUT2D eigenvalue weighted by molar-refractivity contribution is 0.206. The maximum Gasteiger partial charge on any atom is 0.0798 e. The Bertz CT molecular complexity index is 316. The van der Waals surface area contributed by atoms with E-state index in [1.165, 1.54) is 43.0 Å². The molecule has 1 fully saturated rings. The van der Waals surface area contributed by atoms with Gasteiger partial charge in [0, 0.05) is 17.5 Å². The maximum absolute atomic E-state index is 4.28. The molecule has 1 saturated heterocycles. The van der Waals surface area contributed by atoms with Crippen LogP contribution in [0.1, 0.15) is 30.3 Å². The number of hydrogen-bond acceptors (Lipinski definition) is 4. The SMILES string of the molecule is CCN1CCC(NCc2scnc2C)CC1. The maximum atomic E-state index is 4.28. The van der Waals surface area contributed by atoms with Crippen LogP contribution >= 0.6 is 11.3 Å². The molecule has 16 heavy (non-hydrogen) atoms. The summed E-state index contributed by atoms with van der Waals surface area (Å²) in [5.74, 6) is 0. The van der Waals surface area contributed by atoms with Gasteiger partial charge >= 0.3 is 0 Å². The topological polar surface area (TPSA) is 28.2 Å². The number of likely N-dealkylation sites (tertiary alicyclic amines) is 1. The Labute approximate surface area is 102 Å². The molecule has 0 saturated carbocycles. The van der Waals surface area contributed by atoms with Crippen molar-refractivity contribution in [2.75, 3.05) is 19.6 Å². The Balaban J connectivity index is 1.73. The summed E-state index contributed by atoms with van der Waals surface area (Å²) < 4.78 is 0. The summed E-state index contributed by atoms with van der Waals surface area (Å²) in [6, 6.07) is 0.698. The number of hydrogen-bond donors (Lipinski definition) is 1. The molecular formula is C12H21N3S. The molecule has 0 aliphatic carbocycles. The molecule has 4 heteroatoms. The van der Waals surface area contributed by atoms with E-state index >= 15 is 0 Å². The third-order valence-corrected chi connectivity index (χ3v) is 4.37. The molecule has 1 aliphatic rings. The van der Waals surface area contributed by atoms with Crippen LogP contribution in [-0.4, -0.2) is 35.6 Å². The first kappa shape index (κ1) is 12.0.